The van der Waals surface area contributed by atoms with Crippen LogP contribution in [0.5, 0.6) is 11.5 Å². The fraction of sp³-hybridized carbons (Fsp3) is 0.278. The molecule has 2 aromatic rings. The molecule has 2 rings (SSSR count). The van der Waals surface area contributed by atoms with Gasteiger partial charge in [0.15, 0.2) is 21.3 Å². The molecule has 6 nitrogen and oxygen atoms in total. The van der Waals surface area contributed by atoms with Crippen LogP contribution in [-0.2, 0) is 9.84 Å². The van der Waals surface area contributed by atoms with Crippen LogP contribution in [0.2, 0.25) is 0 Å². The van der Waals surface area contributed by atoms with Gasteiger partial charge in [0.05, 0.1) is 24.9 Å². The molecule has 0 radical (unpaired) electrons. The van der Waals surface area contributed by atoms with Crippen LogP contribution in [0.3, 0.4) is 0 Å². The molecule has 0 saturated carbocycles. The van der Waals surface area contributed by atoms with Crippen LogP contribution in [0.1, 0.15) is 22.8 Å². The minimum atomic E-state index is -3.29. The number of methoxy groups -OCH3 is 2. The molecule has 1 amide bonds. The summed E-state index contributed by atoms with van der Waals surface area (Å²) in [5.41, 5.74) is 1.77. The fourth-order valence-electron chi connectivity index (χ4n) is 2.29. The van der Waals surface area contributed by atoms with E-state index in [4.69, 9.17) is 9.47 Å². The van der Waals surface area contributed by atoms with Crippen molar-refractivity contribution in [2.24, 2.45) is 0 Å². The first-order valence-electron chi connectivity index (χ1n) is 7.69. The van der Waals surface area contributed by atoms with Crippen LogP contribution >= 0.6 is 0 Å². The molecule has 0 bridgehead atoms. The standard InChI is InChI=1S/C18H21NO5S/c1-5-25(21,22)14-8-6-13(7-9-14)18(20)19-15-11-17(24-4)16(23-3)10-12(15)2/h6-11H,5H2,1-4H3,(H,19,20). The van der Waals surface area contributed by atoms with Gasteiger partial charge in [0.1, 0.15) is 0 Å². The maximum atomic E-state index is 12.4. The van der Waals surface area contributed by atoms with Crippen molar-refractivity contribution in [2.75, 3.05) is 25.3 Å². The van der Waals surface area contributed by atoms with E-state index in [0.29, 0.717) is 22.7 Å². The van der Waals surface area contributed by atoms with E-state index < -0.39 is 9.84 Å². The molecule has 1 N–H and O–H groups in total. The van der Waals surface area contributed by atoms with E-state index in [0.717, 1.165) is 5.56 Å². The van der Waals surface area contributed by atoms with Gasteiger partial charge in [0.25, 0.3) is 5.91 Å². The van der Waals surface area contributed by atoms with E-state index in [1.54, 1.807) is 26.2 Å². The average Bonchev–Trinajstić information content (AvgIpc) is 2.62. The highest BCUT2D eigenvalue weighted by molar-refractivity contribution is 7.91. The number of carbonyl (C=O) groups is 1. The summed E-state index contributed by atoms with van der Waals surface area (Å²) in [6.45, 7) is 3.42. The molecule has 0 heterocycles. The van der Waals surface area contributed by atoms with E-state index >= 15 is 0 Å². The van der Waals surface area contributed by atoms with Gasteiger partial charge in [0.2, 0.25) is 0 Å². The molecule has 7 heteroatoms. The van der Waals surface area contributed by atoms with Crippen LogP contribution in [0.15, 0.2) is 41.3 Å². The van der Waals surface area contributed by atoms with Crippen LogP contribution in [0, 0.1) is 6.92 Å². The first kappa shape index (κ1) is 18.8. The molecule has 0 atom stereocenters. The Morgan fingerprint density at radius 1 is 1.04 bits per heavy atom. The molecule has 0 saturated heterocycles. The third kappa shape index (κ3) is 4.11. The third-order valence-electron chi connectivity index (χ3n) is 3.83. The van der Waals surface area contributed by atoms with E-state index in [9.17, 15) is 13.2 Å². The quantitative estimate of drug-likeness (QED) is 0.853. The predicted octanol–water partition coefficient (Wildman–Crippen LogP) is 3.06. The number of nitrogens with one attached hydrogen (secondary N) is 1. The molecule has 0 aliphatic heterocycles. The zero-order valence-electron chi connectivity index (χ0n) is 14.6. The van der Waals surface area contributed by atoms with E-state index in [-0.39, 0.29) is 16.6 Å². The Morgan fingerprint density at radius 2 is 1.60 bits per heavy atom. The number of hydrogen-bond donors (Lipinski definition) is 1. The number of carbonyl (C=O) groups excluding carboxylic acids is 1. The summed E-state index contributed by atoms with van der Waals surface area (Å²) in [6, 6.07) is 9.32. The molecule has 0 aliphatic rings. The van der Waals surface area contributed by atoms with Gasteiger partial charge in [-0.15, -0.1) is 0 Å². The first-order chi connectivity index (χ1) is 11.8. The predicted molar refractivity (Wildman–Crippen MR) is 96.4 cm³/mol. The highest BCUT2D eigenvalue weighted by Crippen LogP contribution is 2.33. The maximum Gasteiger partial charge on any atom is 0.255 e. The number of rotatable bonds is 6. The number of amides is 1. The van der Waals surface area contributed by atoms with Crippen molar-refractivity contribution in [3.05, 3.63) is 47.5 Å². The number of ether oxygens (including phenoxy) is 2. The van der Waals surface area contributed by atoms with Gasteiger partial charge in [-0.3, -0.25) is 4.79 Å². The Morgan fingerprint density at radius 3 is 2.12 bits per heavy atom. The summed E-state index contributed by atoms with van der Waals surface area (Å²) >= 11 is 0. The van der Waals surface area contributed by atoms with Gasteiger partial charge >= 0.3 is 0 Å². The second kappa shape index (κ2) is 7.57. The molecule has 2 aromatic carbocycles. The zero-order valence-corrected chi connectivity index (χ0v) is 15.4. The lowest BCUT2D eigenvalue weighted by molar-refractivity contribution is 0.102. The maximum absolute atomic E-state index is 12.4. The number of anilines is 1. The minimum absolute atomic E-state index is 0.0172. The lowest BCUT2D eigenvalue weighted by Gasteiger charge is -2.13. The molecule has 134 valence electrons. The van der Waals surface area contributed by atoms with Crippen LogP contribution < -0.4 is 14.8 Å². The SMILES string of the molecule is CCS(=O)(=O)c1ccc(C(=O)Nc2cc(OC)c(OC)cc2C)cc1. The Balaban J connectivity index is 2.25. The summed E-state index contributed by atoms with van der Waals surface area (Å²) in [6.07, 6.45) is 0. The highest BCUT2D eigenvalue weighted by Gasteiger charge is 2.15. The summed E-state index contributed by atoms with van der Waals surface area (Å²) in [7, 11) is -0.222. The van der Waals surface area contributed by atoms with Crippen molar-refractivity contribution in [3.63, 3.8) is 0 Å². The number of aryl methyl sites for hydroxylation is 1. The van der Waals surface area contributed by atoms with Gasteiger partial charge in [0, 0.05) is 17.3 Å². The summed E-state index contributed by atoms with van der Waals surface area (Å²) in [5, 5.41) is 2.80. The van der Waals surface area contributed by atoms with Crippen molar-refractivity contribution < 1.29 is 22.7 Å². The first-order valence-corrected chi connectivity index (χ1v) is 9.34. The monoisotopic (exact) mass is 363 g/mol. The van der Waals surface area contributed by atoms with Crippen LogP contribution in [0.4, 0.5) is 5.69 Å². The number of benzene rings is 2. The molecule has 0 aliphatic carbocycles. The average molecular weight is 363 g/mol. The fourth-order valence-corrected chi connectivity index (χ4v) is 3.17. The minimum Gasteiger partial charge on any atom is -0.493 e. The van der Waals surface area contributed by atoms with Crippen LogP contribution in [0.25, 0.3) is 0 Å². The third-order valence-corrected chi connectivity index (χ3v) is 5.58. The normalized spacial score (nSPS) is 11.0. The molecule has 25 heavy (non-hydrogen) atoms. The summed E-state index contributed by atoms with van der Waals surface area (Å²) in [5.74, 6) is 0.763. The van der Waals surface area contributed by atoms with Crippen molar-refractivity contribution in [1.29, 1.82) is 0 Å². The largest absolute Gasteiger partial charge is 0.493 e. The Bertz CT molecular complexity index is 873. The van der Waals surface area contributed by atoms with Crippen molar-refractivity contribution in [3.8, 4) is 11.5 Å². The lowest BCUT2D eigenvalue weighted by Crippen LogP contribution is -2.13. The molecule has 0 fully saturated rings. The molecule has 0 aromatic heterocycles. The molecule has 0 unspecified atom stereocenters. The van der Waals surface area contributed by atoms with Gasteiger partial charge < -0.3 is 14.8 Å². The van der Waals surface area contributed by atoms with Crippen molar-refractivity contribution in [2.45, 2.75) is 18.7 Å². The molecule has 0 spiro atoms. The number of sulfone groups is 1. The van der Waals surface area contributed by atoms with Gasteiger partial charge in [-0.1, -0.05) is 6.92 Å². The second-order valence-electron chi connectivity index (χ2n) is 5.40. The smallest absolute Gasteiger partial charge is 0.255 e. The van der Waals surface area contributed by atoms with E-state index in [1.165, 1.54) is 31.4 Å². The van der Waals surface area contributed by atoms with Crippen molar-refractivity contribution >= 4 is 21.4 Å². The molecular formula is C18H21NO5S. The van der Waals surface area contributed by atoms with E-state index in [1.807, 2.05) is 6.92 Å². The second-order valence-corrected chi connectivity index (χ2v) is 7.68. The van der Waals surface area contributed by atoms with Gasteiger partial charge in [-0.2, -0.15) is 0 Å². The molecular weight excluding hydrogens is 342 g/mol. The zero-order chi connectivity index (χ0) is 18.6. The van der Waals surface area contributed by atoms with E-state index in [2.05, 4.69) is 5.32 Å². The topological polar surface area (TPSA) is 81.7 Å². The lowest BCUT2D eigenvalue weighted by atomic mass is 10.1. The van der Waals surface area contributed by atoms with Crippen LogP contribution in [-0.4, -0.2) is 34.3 Å². The van der Waals surface area contributed by atoms with Gasteiger partial charge in [-0.25, -0.2) is 8.42 Å². The Hall–Kier alpha value is -2.54. The summed E-state index contributed by atoms with van der Waals surface area (Å²) in [4.78, 5) is 12.6. The number of hydrogen-bond acceptors (Lipinski definition) is 5. The highest BCUT2D eigenvalue weighted by atomic mass is 32.2. The Kier molecular flexibility index (Phi) is 5.69. The van der Waals surface area contributed by atoms with Crippen molar-refractivity contribution in [1.82, 2.24) is 0 Å². The summed E-state index contributed by atoms with van der Waals surface area (Å²) < 4.78 is 34.1. The van der Waals surface area contributed by atoms with Gasteiger partial charge in [-0.05, 0) is 42.8 Å². The Labute approximate surface area is 147 Å².